The number of aromatic nitrogens is 2. The Hall–Kier alpha value is -1.36. The average molecular weight is 211 g/mol. The molecule has 0 saturated heterocycles. The second-order valence-corrected chi connectivity index (χ2v) is 3.23. The van der Waals surface area contributed by atoms with Gasteiger partial charge in [0.1, 0.15) is 5.82 Å². The van der Waals surface area contributed by atoms with Gasteiger partial charge in [-0.05, 0) is 6.42 Å². The summed E-state index contributed by atoms with van der Waals surface area (Å²) in [6.45, 7) is 1.16. The fourth-order valence-electron chi connectivity index (χ4n) is 1.20. The molecule has 0 aliphatic rings. The predicted octanol–water partition coefficient (Wildman–Crippen LogP) is 0.495. The fraction of sp³-hybridized carbons (Fsp3) is 0.600. The molecular formula is C10H17N3O2. The third-order valence-corrected chi connectivity index (χ3v) is 2.00. The third kappa shape index (κ3) is 5.17. The Morgan fingerprint density at radius 1 is 1.67 bits per heavy atom. The van der Waals surface area contributed by atoms with Gasteiger partial charge in [-0.2, -0.15) is 0 Å². The summed E-state index contributed by atoms with van der Waals surface area (Å²) in [5.74, 6) is 0.998. The first-order chi connectivity index (χ1) is 7.33. The zero-order valence-corrected chi connectivity index (χ0v) is 8.95. The number of aromatic amines is 1. The molecule has 84 valence electrons. The highest BCUT2D eigenvalue weighted by Gasteiger charge is 2.00. The van der Waals surface area contributed by atoms with Gasteiger partial charge in [-0.15, -0.1) is 0 Å². The lowest BCUT2D eigenvalue weighted by Gasteiger charge is -2.03. The minimum absolute atomic E-state index is 0.0382. The summed E-state index contributed by atoms with van der Waals surface area (Å²) < 4.78 is 4.80. The van der Waals surface area contributed by atoms with E-state index in [4.69, 9.17) is 4.74 Å². The molecule has 0 aromatic carbocycles. The number of H-pyrrole nitrogens is 1. The van der Waals surface area contributed by atoms with Crippen molar-refractivity contribution >= 4 is 5.91 Å². The molecule has 0 aliphatic heterocycles. The summed E-state index contributed by atoms with van der Waals surface area (Å²) in [6, 6.07) is 0. The lowest BCUT2D eigenvalue weighted by atomic mass is 10.3. The largest absolute Gasteiger partial charge is 0.384 e. The molecule has 0 radical (unpaired) electrons. The maximum atomic E-state index is 11.1. The Morgan fingerprint density at radius 2 is 2.53 bits per heavy atom. The van der Waals surface area contributed by atoms with Crippen molar-refractivity contribution < 1.29 is 9.53 Å². The highest BCUT2D eigenvalue weighted by molar-refractivity contribution is 5.75. The number of ether oxygens (including phenoxy) is 1. The lowest BCUT2D eigenvalue weighted by Crippen LogP contribution is -2.25. The summed E-state index contributed by atoms with van der Waals surface area (Å²) in [5.41, 5.74) is 0. The van der Waals surface area contributed by atoms with Crippen molar-refractivity contribution in [3.63, 3.8) is 0 Å². The van der Waals surface area contributed by atoms with E-state index in [1.54, 1.807) is 19.5 Å². The van der Waals surface area contributed by atoms with E-state index in [1.807, 2.05) is 0 Å². The summed E-state index contributed by atoms with van der Waals surface area (Å²) in [4.78, 5) is 18.3. The van der Waals surface area contributed by atoms with Crippen molar-refractivity contribution in [1.29, 1.82) is 0 Å². The lowest BCUT2D eigenvalue weighted by molar-refractivity contribution is -0.121. The van der Waals surface area contributed by atoms with E-state index in [2.05, 4.69) is 15.3 Å². The molecule has 1 amide bonds. The van der Waals surface area contributed by atoms with Gasteiger partial charge in [-0.25, -0.2) is 4.98 Å². The van der Waals surface area contributed by atoms with E-state index in [9.17, 15) is 4.79 Å². The number of carbonyl (C=O) groups excluding carboxylic acids is 1. The van der Waals surface area contributed by atoms with E-state index in [0.717, 1.165) is 18.7 Å². The topological polar surface area (TPSA) is 67.0 Å². The molecular weight excluding hydrogens is 194 g/mol. The van der Waals surface area contributed by atoms with Crippen LogP contribution in [0.2, 0.25) is 0 Å². The van der Waals surface area contributed by atoms with E-state index in [0.29, 0.717) is 19.6 Å². The fourth-order valence-corrected chi connectivity index (χ4v) is 1.20. The molecule has 1 aromatic rings. The van der Waals surface area contributed by atoms with Crippen LogP contribution in [0.5, 0.6) is 0 Å². The smallest absolute Gasteiger partial charge is 0.222 e. The van der Waals surface area contributed by atoms with Crippen molar-refractivity contribution in [3.8, 4) is 0 Å². The maximum absolute atomic E-state index is 11.1. The molecule has 0 saturated carbocycles. The SMILES string of the molecule is COCCC(=O)NCCCc1ncc[nH]1. The number of aryl methyl sites for hydroxylation is 1. The summed E-state index contributed by atoms with van der Waals surface area (Å²) in [7, 11) is 1.59. The first-order valence-electron chi connectivity index (χ1n) is 5.07. The molecule has 5 heteroatoms. The molecule has 0 unspecified atom stereocenters. The van der Waals surface area contributed by atoms with Crippen LogP contribution in [-0.2, 0) is 16.0 Å². The number of rotatable bonds is 7. The van der Waals surface area contributed by atoms with E-state index in [1.165, 1.54) is 0 Å². The van der Waals surface area contributed by atoms with Crippen LogP contribution in [-0.4, -0.2) is 36.1 Å². The normalized spacial score (nSPS) is 10.2. The number of carbonyl (C=O) groups is 1. The van der Waals surface area contributed by atoms with Gasteiger partial charge in [0, 0.05) is 38.9 Å². The molecule has 0 bridgehead atoms. The highest BCUT2D eigenvalue weighted by atomic mass is 16.5. The van der Waals surface area contributed by atoms with Crippen LogP contribution < -0.4 is 5.32 Å². The molecule has 1 aromatic heterocycles. The summed E-state index contributed by atoms with van der Waals surface area (Å²) in [5, 5.41) is 2.82. The summed E-state index contributed by atoms with van der Waals surface area (Å²) in [6.07, 6.45) is 5.71. The number of methoxy groups -OCH3 is 1. The van der Waals surface area contributed by atoms with Crippen molar-refractivity contribution in [1.82, 2.24) is 15.3 Å². The van der Waals surface area contributed by atoms with E-state index in [-0.39, 0.29) is 5.91 Å². The van der Waals surface area contributed by atoms with Crippen LogP contribution in [0.1, 0.15) is 18.7 Å². The van der Waals surface area contributed by atoms with Crippen molar-refractivity contribution in [3.05, 3.63) is 18.2 Å². The third-order valence-electron chi connectivity index (χ3n) is 2.00. The van der Waals surface area contributed by atoms with Gasteiger partial charge in [-0.1, -0.05) is 0 Å². The minimum Gasteiger partial charge on any atom is -0.384 e. The van der Waals surface area contributed by atoms with Gasteiger partial charge < -0.3 is 15.0 Å². The van der Waals surface area contributed by atoms with Gasteiger partial charge in [0.2, 0.25) is 5.91 Å². The number of nitrogens with zero attached hydrogens (tertiary/aromatic N) is 1. The Kier molecular flexibility index (Phi) is 5.47. The van der Waals surface area contributed by atoms with E-state index >= 15 is 0 Å². The Labute approximate surface area is 89.2 Å². The van der Waals surface area contributed by atoms with Crippen LogP contribution in [0.15, 0.2) is 12.4 Å². The molecule has 1 heterocycles. The second kappa shape index (κ2) is 7.00. The minimum atomic E-state index is 0.0382. The van der Waals surface area contributed by atoms with E-state index < -0.39 is 0 Å². The number of hydrogen-bond acceptors (Lipinski definition) is 3. The molecule has 1 rings (SSSR count). The number of nitrogens with one attached hydrogen (secondary N) is 2. The highest BCUT2D eigenvalue weighted by Crippen LogP contribution is 1.93. The Bertz CT molecular complexity index is 272. The van der Waals surface area contributed by atoms with Gasteiger partial charge in [0.05, 0.1) is 6.61 Å². The number of imidazole rings is 1. The second-order valence-electron chi connectivity index (χ2n) is 3.23. The maximum Gasteiger partial charge on any atom is 0.222 e. The van der Waals surface area contributed by atoms with Crippen molar-refractivity contribution in [2.45, 2.75) is 19.3 Å². The predicted molar refractivity (Wildman–Crippen MR) is 56.4 cm³/mol. The molecule has 5 nitrogen and oxygen atoms in total. The van der Waals surface area contributed by atoms with Crippen LogP contribution >= 0.6 is 0 Å². The van der Waals surface area contributed by atoms with Gasteiger partial charge >= 0.3 is 0 Å². The zero-order chi connectivity index (χ0) is 10.9. The van der Waals surface area contributed by atoms with Crippen molar-refractivity contribution in [2.24, 2.45) is 0 Å². The Morgan fingerprint density at radius 3 is 3.20 bits per heavy atom. The monoisotopic (exact) mass is 211 g/mol. The quantitative estimate of drug-likeness (QED) is 0.645. The Balaban J connectivity index is 1.99. The number of hydrogen-bond donors (Lipinski definition) is 2. The molecule has 0 aliphatic carbocycles. The van der Waals surface area contributed by atoms with Crippen LogP contribution in [0.4, 0.5) is 0 Å². The van der Waals surface area contributed by atoms with Crippen LogP contribution in [0.3, 0.4) is 0 Å². The van der Waals surface area contributed by atoms with Crippen molar-refractivity contribution in [2.75, 3.05) is 20.3 Å². The van der Waals surface area contributed by atoms with Gasteiger partial charge in [0.15, 0.2) is 0 Å². The molecule has 0 atom stereocenters. The molecule has 0 fully saturated rings. The first-order valence-corrected chi connectivity index (χ1v) is 5.07. The van der Waals surface area contributed by atoms with Gasteiger partial charge in [0.25, 0.3) is 0 Å². The molecule has 0 spiro atoms. The number of amides is 1. The van der Waals surface area contributed by atoms with Crippen LogP contribution in [0.25, 0.3) is 0 Å². The van der Waals surface area contributed by atoms with Crippen LogP contribution in [0, 0.1) is 0 Å². The summed E-state index contributed by atoms with van der Waals surface area (Å²) >= 11 is 0. The molecule has 15 heavy (non-hydrogen) atoms. The first kappa shape index (κ1) is 11.7. The average Bonchev–Trinajstić information content (AvgIpc) is 2.74. The zero-order valence-electron chi connectivity index (χ0n) is 8.95. The van der Waals surface area contributed by atoms with Gasteiger partial charge in [-0.3, -0.25) is 4.79 Å². The standard InChI is InChI=1S/C10H17N3O2/c1-15-8-4-10(14)13-5-2-3-9-11-6-7-12-9/h6-7H,2-5,8H2,1H3,(H,11,12)(H,13,14). The molecule has 2 N–H and O–H groups in total.